The van der Waals surface area contributed by atoms with Gasteiger partial charge in [0.2, 0.25) is 0 Å². The average Bonchev–Trinajstić information content (AvgIpc) is 3.02. The first-order chi connectivity index (χ1) is 7.31. The van der Waals surface area contributed by atoms with Crippen molar-refractivity contribution >= 4 is 10.9 Å². The number of benzene rings is 1. The zero-order valence-corrected chi connectivity index (χ0v) is 8.60. The summed E-state index contributed by atoms with van der Waals surface area (Å²) >= 11 is 0. The fraction of sp³-hybridized carbons (Fsp3) is 0.333. The van der Waals surface area contributed by atoms with Gasteiger partial charge in [0.25, 0.3) is 0 Å². The van der Waals surface area contributed by atoms with E-state index in [-0.39, 0.29) is 0 Å². The molecule has 2 aromatic rings. The molecule has 0 saturated heterocycles. The van der Waals surface area contributed by atoms with Gasteiger partial charge in [0.1, 0.15) is 11.6 Å². The second-order valence-corrected chi connectivity index (χ2v) is 3.96. The Labute approximate surface area is 88.1 Å². The van der Waals surface area contributed by atoms with E-state index < -0.39 is 0 Å². The van der Waals surface area contributed by atoms with Crippen LogP contribution >= 0.6 is 0 Å². The Morgan fingerprint density at radius 3 is 3.00 bits per heavy atom. The van der Waals surface area contributed by atoms with Crippen molar-refractivity contribution in [3.8, 4) is 5.75 Å². The van der Waals surface area contributed by atoms with Crippen LogP contribution in [-0.4, -0.2) is 16.1 Å². The summed E-state index contributed by atoms with van der Waals surface area (Å²) in [5, 5.41) is 1.04. The molecule has 0 amide bonds. The molecule has 3 heteroatoms. The van der Waals surface area contributed by atoms with Crippen molar-refractivity contribution < 1.29 is 4.74 Å². The molecule has 1 fully saturated rings. The van der Waals surface area contributed by atoms with Crippen LogP contribution in [0.5, 0.6) is 5.75 Å². The number of nitrogens with zero attached hydrogens (tertiary/aromatic N) is 2. The molecule has 76 valence electrons. The lowest BCUT2D eigenvalue weighted by Crippen LogP contribution is -1.96. The largest absolute Gasteiger partial charge is 0.490 e. The van der Waals surface area contributed by atoms with Crippen molar-refractivity contribution in [1.82, 2.24) is 9.97 Å². The molecular weight excluding hydrogens is 188 g/mol. The molecule has 0 bridgehead atoms. The van der Waals surface area contributed by atoms with E-state index in [1.54, 1.807) is 0 Å². The molecule has 1 aliphatic rings. The summed E-state index contributed by atoms with van der Waals surface area (Å²) in [4.78, 5) is 8.52. The van der Waals surface area contributed by atoms with Gasteiger partial charge in [0.05, 0.1) is 11.6 Å². The van der Waals surface area contributed by atoms with Crippen molar-refractivity contribution in [2.75, 3.05) is 0 Å². The van der Waals surface area contributed by atoms with Gasteiger partial charge in [-0.05, 0) is 38.0 Å². The fourth-order valence-corrected chi connectivity index (χ4v) is 1.56. The first-order valence-electron chi connectivity index (χ1n) is 5.21. The number of aryl methyl sites for hydroxylation is 1. The minimum absolute atomic E-state index is 0.439. The molecule has 1 aromatic heterocycles. The maximum absolute atomic E-state index is 5.71. The van der Waals surface area contributed by atoms with E-state index in [2.05, 4.69) is 9.97 Å². The molecular formula is C12H12N2O. The Morgan fingerprint density at radius 1 is 1.33 bits per heavy atom. The van der Waals surface area contributed by atoms with Crippen LogP contribution in [0.25, 0.3) is 10.9 Å². The maximum Gasteiger partial charge on any atom is 0.125 e. The molecule has 15 heavy (non-hydrogen) atoms. The van der Waals surface area contributed by atoms with Gasteiger partial charge in [0.15, 0.2) is 0 Å². The van der Waals surface area contributed by atoms with Crippen molar-refractivity contribution in [2.45, 2.75) is 25.9 Å². The van der Waals surface area contributed by atoms with Crippen LogP contribution in [0.4, 0.5) is 0 Å². The van der Waals surface area contributed by atoms with E-state index in [0.717, 1.165) is 22.5 Å². The van der Waals surface area contributed by atoms with Gasteiger partial charge in [-0.3, -0.25) is 0 Å². The Hall–Kier alpha value is -1.64. The van der Waals surface area contributed by atoms with Gasteiger partial charge in [-0.2, -0.15) is 0 Å². The number of hydrogen-bond acceptors (Lipinski definition) is 3. The van der Waals surface area contributed by atoms with Crippen LogP contribution in [0.1, 0.15) is 18.7 Å². The van der Waals surface area contributed by atoms with E-state index in [4.69, 9.17) is 4.74 Å². The smallest absolute Gasteiger partial charge is 0.125 e. The van der Waals surface area contributed by atoms with Crippen LogP contribution in [0.3, 0.4) is 0 Å². The third-order valence-electron chi connectivity index (χ3n) is 2.50. The third kappa shape index (κ3) is 1.77. The summed E-state index contributed by atoms with van der Waals surface area (Å²) in [5.41, 5.74) is 0.977. The number of ether oxygens (including phenoxy) is 1. The Morgan fingerprint density at radius 2 is 2.20 bits per heavy atom. The van der Waals surface area contributed by atoms with Crippen LogP contribution in [0.2, 0.25) is 0 Å². The first kappa shape index (κ1) is 8.65. The maximum atomic E-state index is 5.71. The molecule has 0 aliphatic heterocycles. The van der Waals surface area contributed by atoms with Crippen LogP contribution in [0.15, 0.2) is 24.4 Å². The number of fused-ring (bicyclic) bond motifs is 1. The summed E-state index contributed by atoms with van der Waals surface area (Å²) < 4.78 is 5.71. The van der Waals surface area contributed by atoms with Gasteiger partial charge >= 0.3 is 0 Å². The van der Waals surface area contributed by atoms with Crippen LogP contribution in [0, 0.1) is 6.92 Å². The predicted octanol–water partition coefficient (Wildman–Crippen LogP) is 2.48. The van der Waals surface area contributed by atoms with Crippen LogP contribution < -0.4 is 4.74 Å². The molecule has 1 aliphatic carbocycles. The Bertz CT molecular complexity index is 506. The van der Waals surface area contributed by atoms with Crippen molar-refractivity contribution in [1.29, 1.82) is 0 Å². The standard InChI is InChI=1S/C12H12N2O/c1-8-13-7-9-6-11(15-10-2-3-10)4-5-12(9)14-8/h4-7,10H,2-3H2,1H3. The van der Waals surface area contributed by atoms with E-state index in [0.29, 0.717) is 6.10 Å². The average molecular weight is 200 g/mol. The lowest BCUT2D eigenvalue weighted by atomic mass is 10.2. The SMILES string of the molecule is Cc1ncc2cc(OC3CC3)ccc2n1. The van der Waals surface area contributed by atoms with Gasteiger partial charge < -0.3 is 4.74 Å². The summed E-state index contributed by atoms with van der Waals surface area (Å²) in [6.07, 6.45) is 4.65. The molecule has 1 aromatic carbocycles. The van der Waals surface area contributed by atoms with Crippen molar-refractivity contribution in [3.63, 3.8) is 0 Å². The highest BCUT2D eigenvalue weighted by Crippen LogP contribution is 2.28. The summed E-state index contributed by atoms with van der Waals surface area (Å²) in [5.74, 6) is 1.73. The van der Waals surface area contributed by atoms with Crippen molar-refractivity contribution in [2.24, 2.45) is 0 Å². The topological polar surface area (TPSA) is 35.0 Å². The normalized spacial score (nSPS) is 15.5. The lowest BCUT2D eigenvalue weighted by Gasteiger charge is -2.05. The zero-order chi connectivity index (χ0) is 10.3. The number of aromatic nitrogens is 2. The molecule has 0 unspecified atom stereocenters. The molecule has 0 radical (unpaired) electrons. The molecule has 1 heterocycles. The predicted molar refractivity (Wildman–Crippen MR) is 57.9 cm³/mol. The van der Waals surface area contributed by atoms with E-state index >= 15 is 0 Å². The molecule has 0 atom stereocenters. The van der Waals surface area contributed by atoms with Gasteiger partial charge in [0, 0.05) is 11.6 Å². The molecule has 0 spiro atoms. The summed E-state index contributed by atoms with van der Waals surface area (Å²) in [7, 11) is 0. The van der Waals surface area contributed by atoms with Gasteiger partial charge in [-0.1, -0.05) is 0 Å². The van der Waals surface area contributed by atoms with Gasteiger partial charge in [-0.15, -0.1) is 0 Å². The second-order valence-electron chi connectivity index (χ2n) is 3.96. The fourth-order valence-electron chi connectivity index (χ4n) is 1.56. The summed E-state index contributed by atoms with van der Waals surface area (Å²) in [6, 6.07) is 5.97. The quantitative estimate of drug-likeness (QED) is 0.747. The van der Waals surface area contributed by atoms with Gasteiger partial charge in [-0.25, -0.2) is 9.97 Å². The third-order valence-corrected chi connectivity index (χ3v) is 2.50. The van der Waals surface area contributed by atoms with E-state index in [9.17, 15) is 0 Å². The van der Waals surface area contributed by atoms with Crippen molar-refractivity contribution in [3.05, 3.63) is 30.2 Å². The second kappa shape index (κ2) is 3.19. The highest BCUT2D eigenvalue weighted by atomic mass is 16.5. The Kier molecular flexibility index (Phi) is 1.84. The molecule has 0 N–H and O–H groups in total. The highest BCUT2D eigenvalue weighted by molar-refractivity contribution is 5.79. The Balaban J connectivity index is 2.01. The van der Waals surface area contributed by atoms with Crippen LogP contribution in [-0.2, 0) is 0 Å². The zero-order valence-electron chi connectivity index (χ0n) is 8.60. The monoisotopic (exact) mass is 200 g/mol. The van der Waals surface area contributed by atoms with E-state index in [1.807, 2.05) is 31.3 Å². The number of hydrogen-bond donors (Lipinski definition) is 0. The molecule has 3 nitrogen and oxygen atoms in total. The van der Waals surface area contributed by atoms with E-state index in [1.165, 1.54) is 12.8 Å². The number of rotatable bonds is 2. The minimum Gasteiger partial charge on any atom is -0.490 e. The molecule has 3 rings (SSSR count). The lowest BCUT2D eigenvalue weighted by molar-refractivity contribution is 0.303. The highest BCUT2D eigenvalue weighted by Gasteiger charge is 2.23. The first-order valence-corrected chi connectivity index (χ1v) is 5.21. The summed E-state index contributed by atoms with van der Waals surface area (Å²) in [6.45, 7) is 1.90. The molecule has 1 saturated carbocycles. The minimum atomic E-state index is 0.439.